The number of hydrogen-bond acceptors (Lipinski definition) is 3. The smallest absolute Gasteiger partial charge is 0.240 e. The first-order valence-corrected chi connectivity index (χ1v) is 9.07. The van der Waals surface area contributed by atoms with Crippen molar-refractivity contribution in [1.29, 1.82) is 0 Å². The Morgan fingerprint density at radius 2 is 1.72 bits per heavy atom. The van der Waals surface area contributed by atoms with E-state index in [-0.39, 0.29) is 17.7 Å². The molecule has 2 bridgehead atoms. The SMILES string of the molecule is COc1ccc(CN2C(=O)C3CC(c4ccc(Br)cc4)(C3)C2=O)cc1. The third-order valence-electron chi connectivity index (χ3n) is 5.36. The highest BCUT2D eigenvalue weighted by atomic mass is 79.9. The molecule has 128 valence electrons. The van der Waals surface area contributed by atoms with Crippen molar-refractivity contribution in [2.45, 2.75) is 24.8 Å². The average molecular weight is 400 g/mol. The fraction of sp³-hybridized carbons (Fsp3) is 0.300. The van der Waals surface area contributed by atoms with Crippen LogP contribution < -0.4 is 4.74 Å². The summed E-state index contributed by atoms with van der Waals surface area (Å²) in [4.78, 5) is 27.2. The normalized spacial score (nSPS) is 24.9. The zero-order valence-corrected chi connectivity index (χ0v) is 15.5. The predicted octanol–water partition coefficient (Wildman–Crippen LogP) is 3.67. The zero-order chi connectivity index (χ0) is 17.6. The van der Waals surface area contributed by atoms with Crippen LogP contribution in [0.15, 0.2) is 53.0 Å². The van der Waals surface area contributed by atoms with Gasteiger partial charge in [-0.3, -0.25) is 14.5 Å². The summed E-state index contributed by atoms with van der Waals surface area (Å²) in [5.41, 5.74) is 1.39. The predicted molar refractivity (Wildman–Crippen MR) is 97.1 cm³/mol. The van der Waals surface area contributed by atoms with Gasteiger partial charge in [0.15, 0.2) is 0 Å². The molecule has 0 aromatic heterocycles. The van der Waals surface area contributed by atoms with Gasteiger partial charge in [0.25, 0.3) is 0 Å². The molecule has 1 saturated carbocycles. The molecule has 2 aliphatic heterocycles. The number of methoxy groups -OCH3 is 1. The number of carbonyl (C=O) groups excluding carboxylic acids is 2. The standard InChI is InChI=1S/C20H18BrNO3/c1-25-17-8-2-13(3-9-17)12-22-18(23)14-10-20(11-14,19(22)24)15-4-6-16(21)7-5-15/h2-9,14H,10-12H2,1H3. The van der Waals surface area contributed by atoms with Crippen LogP contribution in [0, 0.1) is 5.92 Å². The van der Waals surface area contributed by atoms with Gasteiger partial charge in [0.05, 0.1) is 19.1 Å². The summed E-state index contributed by atoms with van der Waals surface area (Å²) in [6.07, 6.45) is 1.26. The van der Waals surface area contributed by atoms with Crippen molar-refractivity contribution in [2.75, 3.05) is 7.11 Å². The van der Waals surface area contributed by atoms with Crippen molar-refractivity contribution >= 4 is 27.7 Å². The molecule has 0 radical (unpaired) electrons. The molecular weight excluding hydrogens is 382 g/mol. The lowest BCUT2D eigenvalue weighted by Crippen LogP contribution is -2.65. The van der Waals surface area contributed by atoms with E-state index in [0.29, 0.717) is 19.4 Å². The highest BCUT2D eigenvalue weighted by molar-refractivity contribution is 9.10. The van der Waals surface area contributed by atoms with E-state index in [1.54, 1.807) is 7.11 Å². The van der Waals surface area contributed by atoms with Crippen LogP contribution in [0.3, 0.4) is 0 Å². The number of fused-ring (bicyclic) bond motifs is 2. The maximum atomic E-state index is 13.2. The average Bonchev–Trinajstić information content (AvgIpc) is 2.59. The second-order valence-corrected chi connectivity index (χ2v) is 7.69. The topological polar surface area (TPSA) is 46.6 Å². The molecule has 0 unspecified atom stereocenters. The van der Waals surface area contributed by atoms with Gasteiger partial charge in [-0.15, -0.1) is 0 Å². The summed E-state index contributed by atoms with van der Waals surface area (Å²) in [6.45, 7) is 0.316. The molecule has 3 fully saturated rings. The second-order valence-electron chi connectivity index (χ2n) is 6.77. The van der Waals surface area contributed by atoms with Gasteiger partial charge < -0.3 is 4.74 Å². The molecular formula is C20H18BrNO3. The van der Waals surface area contributed by atoms with Crippen LogP contribution in [0.4, 0.5) is 0 Å². The number of rotatable bonds is 4. The van der Waals surface area contributed by atoms with E-state index < -0.39 is 5.41 Å². The van der Waals surface area contributed by atoms with E-state index in [9.17, 15) is 9.59 Å². The minimum absolute atomic E-state index is 0.0418. The summed E-state index contributed by atoms with van der Waals surface area (Å²) >= 11 is 3.43. The number of benzene rings is 2. The number of ether oxygens (including phenoxy) is 1. The van der Waals surface area contributed by atoms with Gasteiger partial charge in [0, 0.05) is 10.4 Å². The van der Waals surface area contributed by atoms with E-state index >= 15 is 0 Å². The van der Waals surface area contributed by atoms with Crippen molar-refractivity contribution in [2.24, 2.45) is 5.92 Å². The van der Waals surface area contributed by atoms with Crippen molar-refractivity contribution in [3.63, 3.8) is 0 Å². The van der Waals surface area contributed by atoms with Crippen LogP contribution in [0.5, 0.6) is 5.75 Å². The number of hydrogen-bond donors (Lipinski definition) is 0. The molecule has 2 aromatic carbocycles. The summed E-state index contributed by atoms with van der Waals surface area (Å²) in [7, 11) is 1.61. The largest absolute Gasteiger partial charge is 0.497 e. The van der Waals surface area contributed by atoms with E-state index in [1.165, 1.54) is 4.90 Å². The van der Waals surface area contributed by atoms with Crippen LogP contribution >= 0.6 is 15.9 Å². The van der Waals surface area contributed by atoms with E-state index in [2.05, 4.69) is 15.9 Å². The molecule has 0 N–H and O–H groups in total. The first-order chi connectivity index (χ1) is 12.0. The Kier molecular flexibility index (Phi) is 3.91. The Morgan fingerprint density at radius 3 is 2.32 bits per heavy atom. The van der Waals surface area contributed by atoms with E-state index in [4.69, 9.17) is 4.74 Å². The van der Waals surface area contributed by atoms with Gasteiger partial charge in [-0.25, -0.2) is 0 Å². The summed E-state index contributed by atoms with van der Waals surface area (Å²) in [5.74, 6) is 0.603. The van der Waals surface area contributed by atoms with Gasteiger partial charge in [-0.2, -0.15) is 0 Å². The lowest BCUT2D eigenvalue weighted by atomic mass is 9.55. The lowest BCUT2D eigenvalue weighted by Gasteiger charge is -2.53. The molecule has 2 amide bonds. The van der Waals surface area contributed by atoms with Crippen LogP contribution in [0.25, 0.3) is 0 Å². The molecule has 2 heterocycles. The van der Waals surface area contributed by atoms with Crippen molar-refractivity contribution in [3.05, 3.63) is 64.1 Å². The first kappa shape index (κ1) is 16.3. The van der Waals surface area contributed by atoms with E-state index in [0.717, 1.165) is 21.3 Å². The molecule has 2 aromatic rings. The fourth-order valence-corrected chi connectivity index (χ4v) is 4.17. The summed E-state index contributed by atoms with van der Waals surface area (Å²) < 4.78 is 6.14. The van der Waals surface area contributed by atoms with Gasteiger partial charge >= 0.3 is 0 Å². The quantitative estimate of drug-likeness (QED) is 0.736. The third kappa shape index (κ3) is 2.58. The molecule has 0 atom stereocenters. The Balaban J connectivity index is 1.61. The fourth-order valence-electron chi connectivity index (χ4n) is 3.90. The lowest BCUT2D eigenvalue weighted by molar-refractivity contribution is -0.169. The van der Waals surface area contributed by atoms with Crippen LogP contribution in [-0.4, -0.2) is 23.8 Å². The minimum atomic E-state index is -0.536. The zero-order valence-electron chi connectivity index (χ0n) is 13.9. The van der Waals surface area contributed by atoms with Gasteiger partial charge in [-0.1, -0.05) is 40.2 Å². The summed E-state index contributed by atoms with van der Waals surface area (Å²) in [5, 5.41) is 0. The van der Waals surface area contributed by atoms with E-state index in [1.807, 2.05) is 48.5 Å². The Morgan fingerprint density at radius 1 is 1.08 bits per heavy atom. The van der Waals surface area contributed by atoms with Gasteiger partial charge in [-0.05, 0) is 48.2 Å². The molecule has 5 heteroatoms. The maximum Gasteiger partial charge on any atom is 0.240 e. The molecule has 3 aliphatic rings. The molecule has 1 aliphatic carbocycles. The highest BCUT2D eigenvalue weighted by Crippen LogP contribution is 2.53. The number of piperidine rings is 2. The van der Waals surface area contributed by atoms with Crippen LogP contribution in [-0.2, 0) is 21.5 Å². The summed E-state index contributed by atoms with van der Waals surface area (Å²) in [6, 6.07) is 15.4. The minimum Gasteiger partial charge on any atom is -0.497 e. The highest BCUT2D eigenvalue weighted by Gasteiger charge is 2.61. The number of carbonyl (C=O) groups is 2. The first-order valence-electron chi connectivity index (χ1n) is 8.28. The molecule has 5 rings (SSSR count). The molecule has 0 spiro atoms. The number of nitrogens with zero attached hydrogens (tertiary/aromatic N) is 1. The number of imide groups is 1. The second kappa shape index (κ2) is 5.99. The van der Waals surface area contributed by atoms with Crippen LogP contribution in [0.2, 0.25) is 0 Å². The molecule has 25 heavy (non-hydrogen) atoms. The molecule has 2 saturated heterocycles. The number of halogens is 1. The number of amides is 2. The molecule has 4 nitrogen and oxygen atoms in total. The Labute approximate surface area is 154 Å². The third-order valence-corrected chi connectivity index (χ3v) is 5.88. The van der Waals surface area contributed by atoms with Gasteiger partial charge in [0.2, 0.25) is 11.8 Å². The van der Waals surface area contributed by atoms with Crippen molar-refractivity contribution in [3.8, 4) is 5.75 Å². The van der Waals surface area contributed by atoms with Crippen LogP contribution in [0.1, 0.15) is 24.0 Å². The Bertz CT molecular complexity index is 823. The van der Waals surface area contributed by atoms with Crippen molar-refractivity contribution in [1.82, 2.24) is 4.90 Å². The van der Waals surface area contributed by atoms with Crippen molar-refractivity contribution < 1.29 is 14.3 Å². The van der Waals surface area contributed by atoms with Gasteiger partial charge in [0.1, 0.15) is 5.75 Å². The maximum absolute atomic E-state index is 13.2. The monoisotopic (exact) mass is 399 g/mol. The Hall–Kier alpha value is -2.14.